The zero-order valence-corrected chi connectivity index (χ0v) is 10.9. The predicted octanol–water partition coefficient (Wildman–Crippen LogP) is 1.97. The molecule has 18 heavy (non-hydrogen) atoms. The molecule has 0 fully saturated rings. The molecule has 1 aromatic heterocycles. The Kier molecular flexibility index (Phi) is 3.46. The monoisotopic (exact) mass is 243 g/mol. The number of benzene rings is 1. The molecule has 4 nitrogen and oxygen atoms in total. The van der Waals surface area contributed by atoms with Crippen LogP contribution in [0.15, 0.2) is 30.5 Å². The van der Waals surface area contributed by atoms with E-state index in [0.717, 1.165) is 22.4 Å². The molecule has 0 atom stereocenters. The molecular formula is C14H17N3O. The first kappa shape index (κ1) is 12.4. The second-order valence-corrected chi connectivity index (χ2v) is 4.45. The van der Waals surface area contributed by atoms with E-state index in [9.17, 15) is 4.79 Å². The highest BCUT2D eigenvalue weighted by Gasteiger charge is 2.09. The van der Waals surface area contributed by atoms with Crippen molar-refractivity contribution in [1.82, 2.24) is 15.1 Å². The summed E-state index contributed by atoms with van der Waals surface area (Å²) in [6, 6.07) is 7.72. The lowest BCUT2D eigenvalue weighted by molar-refractivity contribution is 0.0949. The van der Waals surface area contributed by atoms with E-state index in [4.69, 9.17) is 0 Å². The number of hydrogen-bond donors (Lipinski definition) is 1. The van der Waals surface area contributed by atoms with E-state index in [1.54, 1.807) is 10.9 Å². The van der Waals surface area contributed by atoms with Crippen LogP contribution >= 0.6 is 0 Å². The van der Waals surface area contributed by atoms with Crippen molar-refractivity contribution >= 4 is 5.91 Å². The van der Waals surface area contributed by atoms with Crippen LogP contribution in [0.3, 0.4) is 0 Å². The summed E-state index contributed by atoms with van der Waals surface area (Å²) in [6.07, 6.45) is 1.72. The van der Waals surface area contributed by atoms with Gasteiger partial charge in [0.25, 0.3) is 5.91 Å². The number of carbonyl (C=O) groups excluding carboxylic acids is 1. The van der Waals surface area contributed by atoms with Crippen LogP contribution in [0.1, 0.15) is 27.2 Å². The van der Waals surface area contributed by atoms with Crippen LogP contribution in [0.5, 0.6) is 0 Å². The summed E-state index contributed by atoms with van der Waals surface area (Å²) in [4.78, 5) is 12.0. The van der Waals surface area contributed by atoms with E-state index >= 15 is 0 Å². The molecule has 2 aromatic rings. The highest BCUT2D eigenvalue weighted by molar-refractivity contribution is 5.95. The van der Waals surface area contributed by atoms with Crippen molar-refractivity contribution in [2.45, 2.75) is 20.4 Å². The average Bonchev–Trinajstić information content (AvgIpc) is 2.72. The fraction of sp³-hybridized carbons (Fsp3) is 0.286. The van der Waals surface area contributed by atoms with Crippen LogP contribution in [-0.2, 0) is 13.6 Å². The van der Waals surface area contributed by atoms with Crippen molar-refractivity contribution in [1.29, 1.82) is 0 Å². The largest absolute Gasteiger partial charge is 0.346 e. The van der Waals surface area contributed by atoms with Gasteiger partial charge in [0.05, 0.1) is 12.2 Å². The van der Waals surface area contributed by atoms with Gasteiger partial charge in [-0.2, -0.15) is 5.10 Å². The molecular weight excluding hydrogens is 226 g/mol. The van der Waals surface area contributed by atoms with Crippen molar-refractivity contribution < 1.29 is 4.79 Å². The minimum absolute atomic E-state index is 0.0475. The summed E-state index contributed by atoms with van der Waals surface area (Å²) in [5, 5.41) is 6.96. The van der Waals surface area contributed by atoms with E-state index in [1.807, 2.05) is 45.2 Å². The van der Waals surface area contributed by atoms with E-state index in [2.05, 4.69) is 10.4 Å². The van der Waals surface area contributed by atoms with E-state index < -0.39 is 0 Å². The molecule has 0 spiro atoms. The normalized spacial score (nSPS) is 10.4. The molecule has 0 aliphatic rings. The molecule has 0 radical (unpaired) electrons. The maximum atomic E-state index is 12.0. The standard InChI is InChI=1S/C14H17N3O/c1-10-4-5-13(11(2)8-10)14(18)15-9-12-6-7-16-17(12)3/h4-8H,9H2,1-3H3,(H,15,18). The summed E-state index contributed by atoms with van der Waals surface area (Å²) in [5.74, 6) is -0.0475. The van der Waals surface area contributed by atoms with Gasteiger partial charge in [0.15, 0.2) is 0 Å². The van der Waals surface area contributed by atoms with Gasteiger partial charge < -0.3 is 5.32 Å². The summed E-state index contributed by atoms with van der Waals surface area (Å²) in [6.45, 7) is 4.46. The predicted molar refractivity (Wildman–Crippen MR) is 70.3 cm³/mol. The van der Waals surface area contributed by atoms with Crippen LogP contribution in [0.25, 0.3) is 0 Å². The number of hydrogen-bond acceptors (Lipinski definition) is 2. The number of carbonyl (C=O) groups is 1. The van der Waals surface area contributed by atoms with Gasteiger partial charge in [0.2, 0.25) is 0 Å². The molecule has 1 heterocycles. The van der Waals surface area contributed by atoms with Crippen molar-refractivity contribution in [3.8, 4) is 0 Å². The molecule has 0 unspecified atom stereocenters. The van der Waals surface area contributed by atoms with Crippen LogP contribution in [-0.4, -0.2) is 15.7 Å². The molecule has 0 aliphatic carbocycles. The third-order valence-corrected chi connectivity index (χ3v) is 2.98. The van der Waals surface area contributed by atoms with Gasteiger partial charge in [0, 0.05) is 18.8 Å². The average molecular weight is 243 g/mol. The molecule has 1 amide bonds. The number of nitrogens with zero attached hydrogens (tertiary/aromatic N) is 2. The Bertz CT molecular complexity index is 572. The molecule has 0 aliphatic heterocycles. The van der Waals surface area contributed by atoms with Crippen molar-refractivity contribution in [3.05, 3.63) is 52.8 Å². The van der Waals surface area contributed by atoms with E-state index in [1.165, 1.54) is 0 Å². The van der Waals surface area contributed by atoms with Gasteiger partial charge in [-0.3, -0.25) is 9.48 Å². The van der Waals surface area contributed by atoms with Crippen LogP contribution in [0.4, 0.5) is 0 Å². The van der Waals surface area contributed by atoms with Crippen molar-refractivity contribution in [3.63, 3.8) is 0 Å². The molecule has 1 N–H and O–H groups in total. The maximum Gasteiger partial charge on any atom is 0.251 e. The third-order valence-electron chi connectivity index (χ3n) is 2.98. The zero-order valence-electron chi connectivity index (χ0n) is 10.9. The first-order valence-electron chi connectivity index (χ1n) is 5.90. The second kappa shape index (κ2) is 5.04. The zero-order chi connectivity index (χ0) is 13.1. The lowest BCUT2D eigenvalue weighted by Crippen LogP contribution is -2.24. The van der Waals surface area contributed by atoms with Crippen LogP contribution in [0, 0.1) is 13.8 Å². The second-order valence-electron chi connectivity index (χ2n) is 4.45. The molecule has 0 saturated heterocycles. The summed E-state index contributed by atoms with van der Waals surface area (Å²) in [7, 11) is 1.86. The number of nitrogens with one attached hydrogen (secondary N) is 1. The molecule has 0 saturated carbocycles. The Morgan fingerprint density at radius 1 is 1.33 bits per heavy atom. The molecule has 0 bridgehead atoms. The van der Waals surface area contributed by atoms with Crippen molar-refractivity contribution in [2.75, 3.05) is 0 Å². The molecule has 2 rings (SSSR count). The summed E-state index contributed by atoms with van der Waals surface area (Å²) in [5.41, 5.74) is 3.86. The minimum atomic E-state index is -0.0475. The number of aryl methyl sites for hydroxylation is 3. The van der Waals surface area contributed by atoms with Crippen molar-refractivity contribution in [2.24, 2.45) is 7.05 Å². The fourth-order valence-corrected chi connectivity index (χ4v) is 1.91. The maximum absolute atomic E-state index is 12.0. The quantitative estimate of drug-likeness (QED) is 0.895. The fourth-order valence-electron chi connectivity index (χ4n) is 1.91. The van der Waals surface area contributed by atoms with Crippen LogP contribution < -0.4 is 5.32 Å². The highest BCUT2D eigenvalue weighted by Crippen LogP contribution is 2.10. The highest BCUT2D eigenvalue weighted by atomic mass is 16.1. The Balaban J connectivity index is 2.06. The van der Waals surface area contributed by atoms with Gasteiger partial charge in [-0.15, -0.1) is 0 Å². The summed E-state index contributed by atoms with van der Waals surface area (Å²) >= 11 is 0. The number of rotatable bonds is 3. The van der Waals surface area contributed by atoms with Gasteiger partial charge in [-0.05, 0) is 31.5 Å². The van der Waals surface area contributed by atoms with E-state index in [-0.39, 0.29) is 5.91 Å². The smallest absolute Gasteiger partial charge is 0.251 e. The summed E-state index contributed by atoms with van der Waals surface area (Å²) < 4.78 is 1.75. The first-order valence-corrected chi connectivity index (χ1v) is 5.90. The van der Waals surface area contributed by atoms with Gasteiger partial charge >= 0.3 is 0 Å². The topological polar surface area (TPSA) is 46.9 Å². The lowest BCUT2D eigenvalue weighted by atomic mass is 10.1. The van der Waals surface area contributed by atoms with Crippen LogP contribution in [0.2, 0.25) is 0 Å². The Hall–Kier alpha value is -2.10. The lowest BCUT2D eigenvalue weighted by Gasteiger charge is -2.08. The number of amides is 1. The Morgan fingerprint density at radius 2 is 2.11 bits per heavy atom. The van der Waals surface area contributed by atoms with Gasteiger partial charge in [-0.1, -0.05) is 17.7 Å². The molecule has 4 heteroatoms. The minimum Gasteiger partial charge on any atom is -0.346 e. The number of aromatic nitrogens is 2. The molecule has 94 valence electrons. The molecule has 1 aromatic carbocycles. The van der Waals surface area contributed by atoms with E-state index in [0.29, 0.717) is 6.54 Å². The van der Waals surface area contributed by atoms with Gasteiger partial charge in [0.1, 0.15) is 0 Å². The third kappa shape index (κ3) is 2.59. The SMILES string of the molecule is Cc1ccc(C(=O)NCc2ccnn2C)c(C)c1. The van der Waals surface area contributed by atoms with Gasteiger partial charge in [-0.25, -0.2) is 0 Å². The Morgan fingerprint density at radius 3 is 2.72 bits per heavy atom. The Labute approximate surface area is 107 Å². The first-order chi connectivity index (χ1) is 8.58.